The van der Waals surface area contributed by atoms with Crippen LogP contribution in [0.1, 0.15) is 18.9 Å². The number of halogens is 2. The minimum absolute atomic E-state index is 0.0397. The van der Waals surface area contributed by atoms with Gasteiger partial charge in [-0.25, -0.2) is 13.8 Å². The molecule has 0 aromatic carbocycles. The summed E-state index contributed by atoms with van der Waals surface area (Å²) < 4.78 is 24.7. The summed E-state index contributed by atoms with van der Waals surface area (Å²) in [7, 11) is 1.62. The number of alkyl halides is 2. The Bertz CT molecular complexity index is 344. The largest absolute Gasteiger partial charge is 0.354 e. The summed E-state index contributed by atoms with van der Waals surface area (Å²) in [4.78, 5) is 5.63. The van der Waals surface area contributed by atoms with E-state index in [9.17, 15) is 8.78 Å². The van der Waals surface area contributed by atoms with Crippen molar-refractivity contribution in [1.29, 1.82) is 0 Å². The highest BCUT2D eigenvalue weighted by atomic mass is 19.3. The van der Waals surface area contributed by atoms with E-state index >= 15 is 0 Å². The Morgan fingerprint density at radius 2 is 2.18 bits per heavy atom. The van der Waals surface area contributed by atoms with Gasteiger partial charge in [0.25, 0.3) is 6.43 Å². The number of anilines is 1. The summed E-state index contributed by atoms with van der Waals surface area (Å²) in [5, 5.41) is 0. The molecule has 0 fully saturated rings. The van der Waals surface area contributed by atoms with Crippen LogP contribution in [0.2, 0.25) is 0 Å². The van der Waals surface area contributed by atoms with Crippen molar-refractivity contribution < 1.29 is 8.78 Å². The molecule has 1 atom stereocenters. The van der Waals surface area contributed by atoms with Crippen LogP contribution in [0.15, 0.2) is 18.3 Å². The third kappa shape index (κ3) is 4.26. The van der Waals surface area contributed by atoms with Crippen molar-refractivity contribution >= 4 is 5.82 Å². The number of nitrogens with two attached hydrogens (primary N) is 1. The van der Waals surface area contributed by atoms with Gasteiger partial charge in [0.2, 0.25) is 0 Å². The lowest BCUT2D eigenvalue weighted by Gasteiger charge is -2.21. The van der Waals surface area contributed by atoms with Crippen LogP contribution in [0.3, 0.4) is 0 Å². The summed E-state index contributed by atoms with van der Waals surface area (Å²) in [5.74, 6) is 0.594. The molecule has 1 unspecified atom stereocenters. The Labute approximate surface area is 101 Å². The van der Waals surface area contributed by atoms with Gasteiger partial charge in [-0.3, -0.25) is 0 Å². The van der Waals surface area contributed by atoms with E-state index in [1.165, 1.54) is 4.90 Å². The van der Waals surface area contributed by atoms with Crippen molar-refractivity contribution in [2.45, 2.75) is 32.2 Å². The standard InChI is InChI=1S/C12H19F2N3/c1-3-10(15)7-9-5-4-6-16-12(9)17(2)8-11(13)14/h4-6,10-11H,3,7-8,15H2,1-2H3. The van der Waals surface area contributed by atoms with Crippen LogP contribution in [0.4, 0.5) is 14.6 Å². The van der Waals surface area contributed by atoms with Crippen molar-refractivity contribution in [3.05, 3.63) is 23.9 Å². The van der Waals surface area contributed by atoms with E-state index in [1.54, 1.807) is 19.3 Å². The molecule has 0 bridgehead atoms. The van der Waals surface area contributed by atoms with E-state index in [0.717, 1.165) is 12.0 Å². The molecule has 0 radical (unpaired) electrons. The maximum Gasteiger partial charge on any atom is 0.255 e. The Kier molecular flexibility index (Phi) is 5.28. The first-order valence-corrected chi connectivity index (χ1v) is 5.73. The lowest BCUT2D eigenvalue weighted by Crippen LogP contribution is -2.28. The van der Waals surface area contributed by atoms with Gasteiger partial charge < -0.3 is 10.6 Å². The lowest BCUT2D eigenvalue weighted by atomic mass is 10.1. The summed E-state index contributed by atoms with van der Waals surface area (Å²) >= 11 is 0. The molecule has 96 valence electrons. The molecular formula is C12H19F2N3. The number of hydrogen-bond donors (Lipinski definition) is 1. The molecule has 17 heavy (non-hydrogen) atoms. The lowest BCUT2D eigenvalue weighted by molar-refractivity contribution is 0.156. The van der Waals surface area contributed by atoms with Crippen LogP contribution in [-0.4, -0.2) is 31.0 Å². The van der Waals surface area contributed by atoms with E-state index in [2.05, 4.69) is 4.98 Å². The minimum Gasteiger partial charge on any atom is -0.354 e. The van der Waals surface area contributed by atoms with Crippen LogP contribution in [-0.2, 0) is 6.42 Å². The van der Waals surface area contributed by atoms with Crippen molar-refractivity contribution in [3.8, 4) is 0 Å². The van der Waals surface area contributed by atoms with Gasteiger partial charge in [-0.1, -0.05) is 13.0 Å². The molecule has 0 aliphatic heterocycles. The third-order valence-corrected chi connectivity index (χ3v) is 2.65. The topological polar surface area (TPSA) is 42.1 Å². The maximum atomic E-state index is 12.3. The molecule has 0 aliphatic rings. The number of nitrogens with zero attached hydrogens (tertiary/aromatic N) is 2. The fraction of sp³-hybridized carbons (Fsp3) is 0.583. The second-order valence-electron chi connectivity index (χ2n) is 4.13. The average molecular weight is 243 g/mol. The molecule has 5 heteroatoms. The fourth-order valence-corrected chi connectivity index (χ4v) is 1.65. The van der Waals surface area contributed by atoms with E-state index in [1.807, 2.05) is 13.0 Å². The predicted octanol–water partition coefficient (Wildman–Crippen LogP) is 2.06. The quantitative estimate of drug-likeness (QED) is 0.831. The SMILES string of the molecule is CCC(N)Cc1cccnc1N(C)CC(F)F. The zero-order chi connectivity index (χ0) is 12.8. The van der Waals surface area contributed by atoms with Gasteiger partial charge in [0.05, 0.1) is 6.54 Å². The average Bonchev–Trinajstić information content (AvgIpc) is 2.28. The summed E-state index contributed by atoms with van der Waals surface area (Å²) in [5.41, 5.74) is 6.80. The first-order valence-electron chi connectivity index (χ1n) is 5.73. The van der Waals surface area contributed by atoms with Crippen molar-refractivity contribution in [2.75, 3.05) is 18.5 Å². The normalized spacial score (nSPS) is 12.8. The highest BCUT2D eigenvalue weighted by Crippen LogP contribution is 2.18. The molecule has 0 spiro atoms. The molecule has 0 aliphatic carbocycles. The highest BCUT2D eigenvalue weighted by Gasteiger charge is 2.14. The summed E-state index contributed by atoms with van der Waals surface area (Å²) in [6, 6.07) is 3.73. The van der Waals surface area contributed by atoms with Gasteiger partial charge in [-0.05, 0) is 24.5 Å². The van der Waals surface area contributed by atoms with E-state index in [4.69, 9.17) is 5.73 Å². The van der Waals surface area contributed by atoms with Crippen LogP contribution in [0.5, 0.6) is 0 Å². The molecule has 2 N–H and O–H groups in total. The molecular weight excluding hydrogens is 224 g/mol. The molecule has 0 saturated carbocycles. The van der Waals surface area contributed by atoms with Gasteiger partial charge in [0, 0.05) is 19.3 Å². The minimum atomic E-state index is -2.37. The Hall–Kier alpha value is -1.23. The van der Waals surface area contributed by atoms with E-state index in [0.29, 0.717) is 12.2 Å². The zero-order valence-electron chi connectivity index (χ0n) is 10.2. The fourth-order valence-electron chi connectivity index (χ4n) is 1.65. The second kappa shape index (κ2) is 6.49. The molecule has 1 rings (SSSR count). The Morgan fingerprint density at radius 3 is 2.76 bits per heavy atom. The molecule has 0 amide bonds. The van der Waals surface area contributed by atoms with Crippen LogP contribution in [0, 0.1) is 0 Å². The molecule has 1 aromatic heterocycles. The van der Waals surface area contributed by atoms with Crippen molar-refractivity contribution in [1.82, 2.24) is 4.98 Å². The first-order chi connectivity index (χ1) is 8.04. The molecule has 1 aromatic rings. The number of aromatic nitrogens is 1. The predicted molar refractivity (Wildman–Crippen MR) is 65.5 cm³/mol. The molecule has 0 saturated heterocycles. The van der Waals surface area contributed by atoms with Crippen molar-refractivity contribution in [3.63, 3.8) is 0 Å². The van der Waals surface area contributed by atoms with Crippen LogP contribution >= 0.6 is 0 Å². The molecule has 3 nitrogen and oxygen atoms in total. The molecule has 1 heterocycles. The van der Waals surface area contributed by atoms with Crippen LogP contribution in [0.25, 0.3) is 0 Å². The summed E-state index contributed by atoms with van der Waals surface area (Å²) in [6.07, 6.45) is 0.757. The van der Waals surface area contributed by atoms with Gasteiger partial charge in [0.15, 0.2) is 0 Å². The Balaban J connectivity index is 2.83. The van der Waals surface area contributed by atoms with Gasteiger partial charge in [-0.2, -0.15) is 0 Å². The third-order valence-electron chi connectivity index (χ3n) is 2.65. The number of pyridine rings is 1. The smallest absolute Gasteiger partial charge is 0.255 e. The zero-order valence-corrected chi connectivity index (χ0v) is 10.2. The van der Waals surface area contributed by atoms with Gasteiger partial charge in [-0.15, -0.1) is 0 Å². The first kappa shape index (κ1) is 13.8. The number of rotatable bonds is 6. The van der Waals surface area contributed by atoms with Gasteiger partial charge in [0.1, 0.15) is 5.82 Å². The number of hydrogen-bond acceptors (Lipinski definition) is 3. The highest BCUT2D eigenvalue weighted by molar-refractivity contribution is 5.46. The van der Waals surface area contributed by atoms with Crippen molar-refractivity contribution in [2.24, 2.45) is 5.73 Å². The second-order valence-corrected chi connectivity index (χ2v) is 4.13. The van der Waals surface area contributed by atoms with Gasteiger partial charge >= 0.3 is 0 Å². The van der Waals surface area contributed by atoms with E-state index < -0.39 is 6.43 Å². The monoisotopic (exact) mass is 243 g/mol. The maximum absolute atomic E-state index is 12.3. The van der Waals surface area contributed by atoms with E-state index in [-0.39, 0.29) is 12.6 Å². The van der Waals surface area contributed by atoms with Crippen LogP contribution < -0.4 is 10.6 Å². The summed E-state index contributed by atoms with van der Waals surface area (Å²) in [6.45, 7) is 1.69. The Morgan fingerprint density at radius 1 is 1.47 bits per heavy atom.